The maximum Gasteiger partial charge on any atom is 0.340 e. The maximum atomic E-state index is 12.7. The molecule has 2 N–H and O–H groups in total. The van der Waals surface area contributed by atoms with Crippen molar-refractivity contribution in [3.8, 4) is 11.1 Å². The van der Waals surface area contributed by atoms with Crippen molar-refractivity contribution in [3.63, 3.8) is 0 Å². The standard InChI is InChI=1S/C23H22N4O2/c1-3-29-23(28)22-18-10-9-15(12-20(18)27(2)21(22)13-25-14-24)16-6-4-8-19-17(16)7-5-11-26-19/h4-12,14H,3,13H2,1-2H3,(H2,24,25). The van der Waals surface area contributed by atoms with Gasteiger partial charge in [0, 0.05) is 29.5 Å². The van der Waals surface area contributed by atoms with Crippen LogP contribution in [0, 0.1) is 0 Å². The van der Waals surface area contributed by atoms with Crippen LogP contribution in [0.15, 0.2) is 59.7 Å². The van der Waals surface area contributed by atoms with E-state index in [0.29, 0.717) is 18.7 Å². The summed E-state index contributed by atoms with van der Waals surface area (Å²) in [5, 5.41) is 1.93. The third-order valence-electron chi connectivity index (χ3n) is 5.10. The molecule has 0 saturated heterocycles. The molecule has 2 heterocycles. The van der Waals surface area contributed by atoms with Gasteiger partial charge in [0.1, 0.15) is 0 Å². The lowest BCUT2D eigenvalue weighted by Gasteiger charge is -2.07. The highest BCUT2D eigenvalue weighted by atomic mass is 16.5. The maximum absolute atomic E-state index is 12.7. The van der Waals surface area contributed by atoms with E-state index in [1.54, 1.807) is 13.1 Å². The number of esters is 1. The number of carbonyl (C=O) groups is 1. The number of rotatable bonds is 5. The smallest absolute Gasteiger partial charge is 0.340 e. The van der Waals surface area contributed by atoms with Crippen LogP contribution >= 0.6 is 0 Å². The third kappa shape index (κ3) is 3.23. The van der Waals surface area contributed by atoms with Crippen LogP contribution in [0.3, 0.4) is 0 Å². The minimum atomic E-state index is -0.345. The number of aliphatic imine (C=N–C) groups is 1. The first-order valence-corrected chi connectivity index (χ1v) is 9.48. The fourth-order valence-corrected chi connectivity index (χ4v) is 3.77. The SMILES string of the molecule is CCOC(=O)c1c(CN=CN)n(C)c2cc(-c3cccc4ncccc34)ccc12. The Morgan fingerprint density at radius 1 is 1.21 bits per heavy atom. The number of pyridine rings is 1. The number of benzene rings is 2. The van der Waals surface area contributed by atoms with Gasteiger partial charge in [0.05, 0.1) is 36.3 Å². The van der Waals surface area contributed by atoms with Crippen molar-refractivity contribution < 1.29 is 9.53 Å². The summed E-state index contributed by atoms with van der Waals surface area (Å²) in [7, 11) is 1.93. The Bertz CT molecular complexity index is 1240. The van der Waals surface area contributed by atoms with Gasteiger partial charge in [-0.25, -0.2) is 4.79 Å². The van der Waals surface area contributed by atoms with Crippen molar-refractivity contribution in [2.45, 2.75) is 13.5 Å². The second-order valence-electron chi connectivity index (χ2n) is 6.70. The average Bonchev–Trinajstić information content (AvgIpc) is 3.03. The van der Waals surface area contributed by atoms with E-state index in [0.717, 1.165) is 38.6 Å². The van der Waals surface area contributed by atoms with Crippen LogP contribution in [0.2, 0.25) is 0 Å². The van der Waals surface area contributed by atoms with Crippen LogP contribution in [-0.2, 0) is 18.3 Å². The molecule has 6 nitrogen and oxygen atoms in total. The topological polar surface area (TPSA) is 82.5 Å². The highest BCUT2D eigenvalue weighted by molar-refractivity contribution is 6.07. The lowest BCUT2D eigenvalue weighted by atomic mass is 9.99. The molecule has 2 aromatic carbocycles. The van der Waals surface area contributed by atoms with Gasteiger partial charge >= 0.3 is 5.97 Å². The van der Waals surface area contributed by atoms with Gasteiger partial charge in [0.2, 0.25) is 0 Å². The minimum Gasteiger partial charge on any atom is -0.462 e. The van der Waals surface area contributed by atoms with Crippen molar-refractivity contribution in [2.75, 3.05) is 6.61 Å². The van der Waals surface area contributed by atoms with Crippen LogP contribution in [-0.4, -0.2) is 28.5 Å². The summed E-state index contributed by atoms with van der Waals surface area (Å²) in [5.74, 6) is -0.345. The minimum absolute atomic E-state index is 0.309. The van der Waals surface area contributed by atoms with E-state index in [1.807, 2.05) is 41.9 Å². The number of hydrogen-bond donors (Lipinski definition) is 1. The van der Waals surface area contributed by atoms with Crippen LogP contribution < -0.4 is 5.73 Å². The van der Waals surface area contributed by atoms with Crippen LogP contribution in [0.4, 0.5) is 0 Å². The predicted molar refractivity (Wildman–Crippen MR) is 116 cm³/mol. The number of nitrogens with zero attached hydrogens (tertiary/aromatic N) is 3. The highest BCUT2D eigenvalue weighted by Crippen LogP contribution is 2.33. The second-order valence-corrected chi connectivity index (χ2v) is 6.70. The fourth-order valence-electron chi connectivity index (χ4n) is 3.77. The monoisotopic (exact) mass is 386 g/mol. The molecule has 0 bridgehead atoms. The molecule has 0 spiro atoms. The molecule has 29 heavy (non-hydrogen) atoms. The van der Waals surface area contributed by atoms with E-state index in [1.165, 1.54) is 6.34 Å². The lowest BCUT2D eigenvalue weighted by molar-refractivity contribution is 0.0527. The van der Waals surface area contributed by atoms with Crippen molar-refractivity contribution in [2.24, 2.45) is 17.8 Å². The van der Waals surface area contributed by atoms with Gasteiger partial charge in [0.15, 0.2) is 0 Å². The van der Waals surface area contributed by atoms with E-state index < -0.39 is 0 Å². The number of carbonyl (C=O) groups excluding carboxylic acids is 1. The fraction of sp³-hybridized carbons (Fsp3) is 0.174. The molecule has 0 saturated carbocycles. The van der Waals surface area contributed by atoms with Gasteiger partial charge in [-0.15, -0.1) is 0 Å². The van der Waals surface area contributed by atoms with E-state index in [2.05, 4.69) is 28.2 Å². The summed E-state index contributed by atoms with van der Waals surface area (Å²) in [6.07, 6.45) is 3.05. The normalized spacial score (nSPS) is 11.5. The first-order valence-electron chi connectivity index (χ1n) is 9.48. The van der Waals surface area contributed by atoms with Gasteiger partial charge in [-0.2, -0.15) is 0 Å². The lowest BCUT2D eigenvalue weighted by Crippen LogP contribution is -2.09. The molecule has 146 valence electrons. The number of ether oxygens (including phenoxy) is 1. The van der Waals surface area contributed by atoms with E-state index in [4.69, 9.17) is 10.5 Å². The Kier molecular flexibility index (Phi) is 4.99. The molecule has 0 unspecified atom stereocenters. The number of nitrogens with two attached hydrogens (primary N) is 1. The summed E-state index contributed by atoms with van der Waals surface area (Å²) in [5.41, 5.74) is 10.8. The second kappa shape index (κ2) is 7.75. The molecule has 4 rings (SSSR count). The molecule has 0 aliphatic rings. The molecule has 4 aromatic rings. The Morgan fingerprint density at radius 2 is 2.07 bits per heavy atom. The number of aromatic nitrogens is 2. The summed E-state index contributed by atoms with van der Waals surface area (Å²) >= 11 is 0. The first-order chi connectivity index (χ1) is 14.2. The van der Waals surface area contributed by atoms with Crippen molar-refractivity contribution in [3.05, 3.63) is 66.0 Å². The van der Waals surface area contributed by atoms with Gasteiger partial charge in [-0.3, -0.25) is 9.98 Å². The Labute approximate surface area is 168 Å². The number of aryl methyl sites for hydroxylation is 1. The number of fused-ring (bicyclic) bond motifs is 2. The van der Waals surface area contributed by atoms with Gasteiger partial charge in [-0.1, -0.05) is 30.3 Å². The third-order valence-corrected chi connectivity index (χ3v) is 5.10. The molecule has 0 fully saturated rings. The zero-order chi connectivity index (χ0) is 20.4. The predicted octanol–water partition coefficient (Wildman–Crippen LogP) is 4.06. The van der Waals surface area contributed by atoms with E-state index in [9.17, 15) is 4.79 Å². The largest absolute Gasteiger partial charge is 0.462 e. The van der Waals surface area contributed by atoms with Gasteiger partial charge < -0.3 is 15.0 Å². The van der Waals surface area contributed by atoms with Crippen molar-refractivity contribution in [1.82, 2.24) is 9.55 Å². The molecular weight excluding hydrogens is 364 g/mol. The van der Waals surface area contributed by atoms with Crippen LogP contribution in [0.25, 0.3) is 32.9 Å². The molecule has 0 amide bonds. The van der Waals surface area contributed by atoms with E-state index >= 15 is 0 Å². The molecular formula is C23H22N4O2. The average molecular weight is 386 g/mol. The quantitative estimate of drug-likeness (QED) is 0.319. The Balaban J connectivity index is 1.94. The summed E-state index contributed by atoms with van der Waals surface area (Å²) in [6.45, 7) is 2.42. The van der Waals surface area contributed by atoms with Crippen molar-refractivity contribution >= 4 is 34.1 Å². The highest BCUT2D eigenvalue weighted by Gasteiger charge is 2.22. The summed E-state index contributed by atoms with van der Waals surface area (Å²) in [4.78, 5) is 21.2. The van der Waals surface area contributed by atoms with Gasteiger partial charge in [0.25, 0.3) is 0 Å². The zero-order valence-electron chi connectivity index (χ0n) is 16.4. The molecule has 0 aliphatic carbocycles. The zero-order valence-corrected chi connectivity index (χ0v) is 16.4. The van der Waals surface area contributed by atoms with Gasteiger partial charge in [-0.05, 0) is 36.2 Å². The van der Waals surface area contributed by atoms with Crippen molar-refractivity contribution in [1.29, 1.82) is 0 Å². The Morgan fingerprint density at radius 3 is 2.86 bits per heavy atom. The molecule has 2 aromatic heterocycles. The molecule has 0 radical (unpaired) electrons. The van der Waals surface area contributed by atoms with Crippen LogP contribution in [0.1, 0.15) is 23.0 Å². The molecule has 0 aliphatic heterocycles. The van der Waals surface area contributed by atoms with E-state index in [-0.39, 0.29) is 5.97 Å². The molecule has 6 heteroatoms. The molecule has 0 atom stereocenters. The van der Waals surface area contributed by atoms with Crippen LogP contribution in [0.5, 0.6) is 0 Å². The Hall–Kier alpha value is -3.67. The summed E-state index contributed by atoms with van der Waals surface area (Å²) in [6, 6.07) is 16.2. The summed E-state index contributed by atoms with van der Waals surface area (Å²) < 4.78 is 7.29. The number of hydrogen-bond acceptors (Lipinski definition) is 4. The first kappa shape index (κ1) is 18.7.